The van der Waals surface area contributed by atoms with Crippen molar-refractivity contribution in [1.29, 1.82) is 0 Å². The number of anilines is 1. The lowest BCUT2D eigenvalue weighted by Crippen LogP contribution is -3.18. The van der Waals surface area contributed by atoms with Crippen molar-refractivity contribution in [3.63, 3.8) is 0 Å². The summed E-state index contributed by atoms with van der Waals surface area (Å²) >= 11 is 5.97. The minimum Gasteiger partial charge on any atom is -0.324 e. The number of benzene rings is 1. The molecule has 1 aromatic carbocycles. The van der Waals surface area contributed by atoms with E-state index in [1.54, 1.807) is 0 Å². The van der Waals surface area contributed by atoms with Gasteiger partial charge >= 0.3 is 0 Å². The number of carbonyl (C=O) groups is 1. The fourth-order valence-corrected chi connectivity index (χ4v) is 4.29. The van der Waals surface area contributed by atoms with Gasteiger partial charge in [-0.3, -0.25) is 4.79 Å². The average molecular weight is 326 g/mol. The second-order valence-electron chi connectivity index (χ2n) is 6.55. The summed E-state index contributed by atoms with van der Waals surface area (Å²) in [5.41, 5.74) is 0.490. The van der Waals surface area contributed by atoms with E-state index in [0.717, 1.165) is 12.5 Å². The van der Waals surface area contributed by atoms with Crippen LogP contribution in [0.5, 0.6) is 0 Å². The molecule has 2 aliphatic rings. The van der Waals surface area contributed by atoms with Crippen molar-refractivity contribution in [3.8, 4) is 0 Å². The van der Waals surface area contributed by atoms with E-state index in [-0.39, 0.29) is 10.9 Å². The number of rotatable bonds is 3. The topological polar surface area (TPSA) is 33.5 Å². The third-order valence-electron chi connectivity index (χ3n) is 5.10. The monoisotopic (exact) mass is 325 g/mol. The minimum absolute atomic E-state index is 0.0327. The van der Waals surface area contributed by atoms with Crippen LogP contribution in [0.2, 0.25) is 5.02 Å². The maximum atomic E-state index is 13.0. The van der Waals surface area contributed by atoms with Crippen LogP contribution < -0.4 is 10.2 Å². The zero-order valence-electron chi connectivity index (χ0n) is 12.7. The molecular formula is C17H23ClFN2O+. The molecule has 1 heterocycles. The van der Waals surface area contributed by atoms with Gasteiger partial charge in [-0.05, 0) is 50.3 Å². The highest BCUT2D eigenvalue weighted by molar-refractivity contribution is 6.33. The Morgan fingerprint density at radius 1 is 1.27 bits per heavy atom. The van der Waals surface area contributed by atoms with Gasteiger partial charge in [-0.1, -0.05) is 18.0 Å². The Balaban J connectivity index is 1.61. The highest BCUT2D eigenvalue weighted by Crippen LogP contribution is 2.28. The molecular weight excluding hydrogens is 303 g/mol. The van der Waals surface area contributed by atoms with Gasteiger partial charge in [0.15, 0.2) is 6.54 Å². The summed E-state index contributed by atoms with van der Waals surface area (Å²) in [5, 5.41) is 3.07. The lowest BCUT2D eigenvalue weighted by atomic mass is 9.78. The quantitative estimate of drug-likeness (QED) is 0.880. The highest BCUT2D eigenvalue weighted by Gasteiger charge is 2.37. The Labute approximate surface area is 135 Å². The molecule has 1 saturated carbocycles. The zero-order valence-corrected chi connectivity index (χ0v) is 13.5. The summed E-state index contributed by atoms with van der Waals surface area (Å²) in [6.07, 6.45) is 7.72. The van der Waals surface area contributed by atoms with Crippen LogP contribution in [0.25, 0.3) is 0 Å². The Morgan fingerprint density at radius 3 is 2.86 bits per heavy atom. The molecule has 0 radical (unpaired) electrons. The van der Waals surface area contributed by atoms with Gasteiger partial charge in [0, 0.05) is 5.92 Å². The number of nitrogens with one attached hydrogen (secondary N) is 2. The van der Waals surface area contributed by atoms with Crippen LogP contribution >= 0.6 is 11.6 Å². The summed E-state index contributed by atoms with van der Waals surface area (Å²) in [7, 11) is 0. The van der Waals surface area contributed by atoms with Crippen molar-refractivity contribution in [3.05, 3.63) is 29.0 Å². The van der Waals surface area contributed by atoms with Gasteiger partial charge < -0.3 is 10.2 Å². The van der Waals surface area contributed by atoms with E-state index < -0.39 is 5.82 Å². The summed E-state index contributed by atoms with van der Waals surface area (Å²) in [4.78, 5) is 13.7. The van der Waals surface area contributed by atoms with Crippen LogP contribution in [-0.2, 0) is 4.79 Å². The Morgan fingerprint density at radius 2 is 2.05 bits per heavy atom. The maximum Gasteiger partial charge on any atom is 0.279 e. The minimum atomic E-state index is -0.394. The SMILES string of the molecule is O=C(C[NH+]1CCC[C@@H]2CCCC[C@@H]21)Nc1ccc(F)cc1Cl. The second kappa shape index (κ2) is 6.97. The van der Waals surface area contributed by atoms with Gasteiger partial charge in [-0.25, -0.2) is 4.39 Å². The van der Waals surface area contributed by atoms with E-state index in [1.807, 2.05) is 0 Å². The first kappa shape index (κ1) is 15.8. The Hall–Kier alpha value is -1.13. The van der Waals surface area contributed by atoms with E-state index in [2.05, 4.69) is 5.32 Å². The van der Waals surface area contributed by atoms with E-state index in [1.165, 1.54) is 61.6 Å². The molecule has 1 aliphatic carbocycles. The number of quaternary nitrogens is 1. The molecule has 1 unspecified atom stereocenters. The average Bonchev–Trinajstić information content (AvgIpc) is 2.50. The molecule has 2 fully saturated rings. The second-order valence-corrected chi connectivity index (χ2v) is 6.96. The largest absolute Gasteiger partial charge is 0.324 e. The molecule has 3 rings (SSSR count). The standard InChI is InChI=1S/C17H22ClFN2O/c18-14-10-13(19)7-8-15(14)20-17(22)11-21-9-3-5-12-4-1-2-6-16(12)21/h7-8,10,12,16H,1-6,9,11H2,(H,20,22)/p+1/t12-,16-/m0/s1. The van der Waals surface area contributed by atoms with Crippen molar-refractivity contribution < 1.29 is 14.1 Å². The van der Waals surface area contributed by atoms with Gasteiger partial charge in [0.25, 0.3) is 5.91 Å². The fourth-order valence-electron chi connectivity index (χ4n) is 4.08. The van der Waals surface area contributed by atoms with Crippen LogP contribution in [0.1, 0.15) is 38.5 Å². The van der Waals surface area contributed by atoms with Gasteiger partial charge in [0.05, 0.1) is 23.3 Å². The normalized spacial score (nSPS) is 28.0. The molecule has 22 heavy (non-hydrogen) atoms. The van der Waals surface area contributed by atoms with Crippen molar-refractivity contribution in [2.75, 3.05) is 18.4 Å². The number of halogens is 2. The van der Waals surface area contributed by atoms with Gasteiger partial charge in [-0.15, -0.1) is 0 Å². The molecule has 1 amide bonds. The number of carbonyl (C=O) groups excluding carboxylic acids is 1. The third-order valence-corrected chi connectivity index (χ3v) is 5.41. The maximum absolute atomic E-state index is 13.0. The zero-order chi connectivity index (χ0) is 15.5. The van der Waals surface area contributed by atoms with Gasteiger partial charge in [-0.2, -0.15) is 0 Å². The summed E-state index contributed by atoms with van der Waals surface area (Å²) in [6, 6.07) is 4.69. The van der Waals surface area contributed by atoms with E-state index in [9.17, 15) is 9.18 Å². The predicted molar refractivity (Wildman–Crippen MR) is 85.7 cm³/mol. The van der Waals surface area contributed by atoms with Crippen LogP contribution in [0.3, 0.4) is 0 Å². The number of hydrogen-bond acceptors (Lipinski definition) is 1. The van der Waals surface area contributed by atoms with E-state index in [0.29, 0.717) is 18.3 Å². The van der Waals surface area contributed by atoms with Crippen molar-refractivity contribution >= 4 is 23.2 Å². The Bertz CT molecular complexity index is 549. The molecule has 3 nitrogen and oxygen atoms in total. The lowest BCUT2D eigenvalue weighted by Gasteiger charge is -2.40. The Kier molecular flexibility index (Phi) is 4.99. The van der Waals surface area contributed by atoms with Crippen molar-refractivity contribution in [1.82, 2.24) is 0 Å². The molecule has 2 N–H and O–H groups in total. The van der Waals surface area contributed by atoms with Crippen molar-refractivity contribution in [2.24, 2.45) is 5.92 Å². The molecule has 120 valence electrons. The first-order chi connectivity index (χ1) is 10.6. The first-order valence-corrected chi connectivity index (χ1v) is 8.61. The number of hydrogen-bond donors (Lipinski definition) is 2. The molecule has 1 aliphatic heterocycles. The van der Waals surface area contributed by atoms with Crippen LogP contribution in [0.4, 0.5) is 10.1 Å². The van der Waals surface area contributed by atoms with Gasteiger partial charge in [0.1, 0.15) is 5.82 Å². The molecule has 1 aromatic rings. The molecule has 0 bridgehead atoms. The number of amides is 1. The van der Waals surface area contributed by atoms with Crippen LogP contribution in [0.15, 0.2) is 18.2 Å². The fraction of sp³-hybridized carbons (Fsp3) is 0.588. The molecule has 0 spiro atoms. The van der Waals surface area contributed by atoms with Gasteiger partial charge in [0.2, 0.25) is 0 Å². The van der Waals surface area contributed by atoms with Crippen molar-refractivity contribution in [2.45, 2.75) is 44.6 Å². The third kappa shape index (κ3) is 3.61. The van der Waals surface area contributed by atoms with Crippen LogP contribution in [-0.4, -0.2) is 25.0 Å². The molecule has 5 heteroatoms. The lowest BCUT2D eigenvalue weighted by molar-refractivity contribution is -0.928. The van der Waals surface area contributed by atoms with Crippen LogP contribution in [0, 0.1) is 11.7 Å². The number of piperidine rings is 1. The summed E-state index contributed by atoms with van der Waals surface area (Å²) < 4.78 is 13.0. The summed E-state index contributed by atoms with van der Waals surface area (Å²) in [5.74, 6) is 0.365. The van der Waals surface area contributed by atoms with E-state index in [4.69, 9.17) is 11.6 Å². The molecule has 0 aromatic heterocycles. The predicted octanol–water partition coefficient (Wildman–Crippen LogP) is 2.66. The van der Waals surface area contributed by atoms with E-state index >= 15 is 0 Å². The highest BCUT2D eigenvalue weighted by atomic mass is 35.5. The first-order valence-electron chi connectivity index (χ1n) is 8.23. The number of likely N-dealkylation sites (tertiary alicyclic amines) is 1. The molecule has 1 saturated heterocycles. The smallest absolute Gasteiger partial charge is 0.279 e. The number of fused-ring (bicyclic) bond motifs is 1. The molecule has 3 atom stereocenters. The summed E-state index contributed by atoms with van der Waals surface area (Å²) in [6.45, 7) is 1.56.